The largest absolute Gasteiger partial charge is 0.459 e. The molecule has 4 heterocycles. The number of hydrogen-bond acceptors (Lipinski definition) is 10. The lowest BCUT2D eigenvalue weighted by Gasteiger charge is -2.05. The van der Waals surface area contributed by atoms with Crippen molar-refractivity contribution in [1.82, 2.24) is 35.2 Å². The lowest BCUT2D eigenvalue weighted by molar-refractivity contribution is 0.280. The molecular weight excluding hydrogens is 374 g/mol. The Labute approximate surface area is 165 Å². The molecule has 0 aromatic carbocycles. The molecule has 0 saturated carbocycles. The Hall–Kier alpha value is -3.95. The van der Waals surface area contributed by atoms with Crippen LogP contribution in [0.25, 0.3) is 23.7 Å². The molecule has 0 aliphatic carbocycles. The van der Waals surface area contributed by atoms with Crippen LogP contribution in [0.15, 0.2) is 39.8 Å². The van der Waals surface area contributed by atoms with E-state index in [4.69, 9.17) is 13.8 Å². The Bertz CT molecular complexity index is 1140. The predicted octanol–water partition coefficient (Wildman–Crippen LogP) is 2.92. The van der Waals surface area contributed by atoms with Crippen LogP contribution in [0.3, 0.4) is 0 Å². The highest BCUT2D eigenvalue weighted by molar-refractivity contribution is 5.65. The summed E-state index contributed by atoms with van der Waals surface area (Å²) in [5, 5.41) is 7.61. The van der Waals surface area contributed by atoms with Crippen LogP contribution in [0.1, 0.15) is 35.6 Å². The van der Waals surface area contributed by atoms with E-state index < -0.39 is 0 Å². The summed E-state index contributed by atoms with van der Waals surface area (Å²) >= 11 is 0. The minimum Gasteiger partial charge on any atom is -0.459 e. The lowest BCUT2D eigenvalue weighted by Crippen LogP contribution is -2.01. The quantitative estimate of drug-likeness (QED) is 0.464. The third kappa shape index (κ3) is 4.67. The van der Waals surface area contributed by atoms with Crippen molar-refractivity contribution < 1.29 is 13.8 Å². The number of ether oxygens (including phenoxy) is 1. The van der Waals surface area contributed by atoms with Gasteiger partial charge in [-0.1, -0.05) is 17.2 Å². The second kappa shape index (κ2) is 8.38. The first kappa shape index (κ1) is 18.4. The predicted molar refractivity (Wildman–Crippen MR) is 101 cm³/mol. The van der Waals surface area contributed by atoms with E-state index in [1.807, 2.05) is 19.1 Å². The number of aromatic nitrogens is 7. The van der Waals surface area contributed by atoms with Crippen LogP contribution in [0.5, 0.6) is 6.01 Å². The molecule has 0 fully saturated rings. The van der Waals surface area contributed by atoms with E-state index in [0.29, 0.717) is 29.1 Å². The zero-order valence-electron chi connectivity index (χ0n) is 15.8. The Morgan fingerprint density at radius 3 is 2.79 bits per heavy atom. The molecule has 10 heteroatoms. The van der Waals surface area contributed by atoms with Gasteiger partial charge in [0, 0.05) is 36.7 Å². The first-order chi connectivity index (χ1) is 14.2. The summed E-state index contributed by atoms with van der Waals surface area (Å²) in [4.78, 5) is 21.0. The number of pyridine rings is 1. The fourth-order valence-electron chi connectivity index (χ4n) is 2.40. The average Bonchev–Trinajstić information content (AvgIpc) is 3.40. The fraction of sp³-hybridized carbons (Fsp3) is 0.211. The summed E-state index contributed by atoms with van der Waals surface area (Å²) in [6.07, 6.45) is 9.33. The fourth-order valence-corrected chi connectivity index (χ4v) is 2.40. The molecule has 0 unspecified atom stereocenters. The van der Waals surface area contributed by atoms with Gasteiger partial charge in [0.05, 0.1) is 0 Å². The molecule has 0 spiro atoms. The van der Waals surface area contributed by atoms with Gasteiger partial charge >= 0.3 is 6.01 Å². The summed E-state index contributed by atoms with van der Waals surface area (Å²) in [6.45, 7) is 3.96. The van der Waals surface area contributed by atoms with Crippen molar-refractivity contribution >= 4 is 12.2 Å². The van der Waals surface area contributed by atoms with E-state index in [0.717, 1.165) is 17.5 Å². The van der Waals surface area contributed by atoms with Gasteiger partial charge in [0.1, 0.15) is 12.3 Å². The van der Waals surface area contributed by atoms with Crippen molar-refractivity contribution in [3.05, 3.63) is 59.4 Å². The summed E-state index contributed by atoms with van der Waals surface area (Å²) in [5.74, 6) is 1.96. The van der Waals surface area contributed by atoms with Crippen LogP contribution in [0.2, 0.25) is 0 Å². The first-order valence-corrected chi connectivity index (χ1v) is 8.90. The second-order valence-corrected chi connectivity index (χ2v) is 6.02. The van der Waals surface area contributed by atoms with E-state index >= 15 is 0 Å². The van der Waals surface area contributed by atoms with Gasteiger partial charge in [-0.3, -0.25) is 4.98 Å². The number of hydrogen-bond donors (Lipinski definition) is 0. The molecule has 0 aliphatic heterocycles. The number of aryl methyl sites for hydroxylation is 2. The average molecular weight is 391 g/mol. The molecular formula is C19H17N7O3. The molecule has 0 aliphatic rings. The van der Waals surface area contributed by atoms with Crippen molar-refractivity contribution in [3.63, 3.8) is 0 Å². The molecule has 0 saturated heterocycles. The van der Waals surface area contributed by atoms with E-state index in [2.05, 4.69) is 35.2 Å². The molecule has 0 amide bonds. The molecule has 4 aromatic heterocycles. The number of rotatable bonds is 7. The van der Waals surface area contributed by atoms with Crippen LogP contribution in [0.4, 0.5) is 0 Å². The maximum Gasteiger partial charge on any atom is 0.317 e. The highest BCUT2D eigenvalue weighted by Crippen LogP contribution is 2.17. The minimum atomic E-state index is 0.206. The van der Waals surface area contributed by atoms with E-state index in [1.54, 1.807) is 37.7 Å². The maximum atomic E-state index is 5.68. The Morgan fingerprint density at radius 2 is 2.00 bits per heavy atom. The molecule has 0 atom stereocenters. The van der Waals surface area contributed by atoms with Gasteiger partial charge in [-0.05, 0) is 30.7 Å². The molecule has 10 nitrogen and oxygen atoms in total. The summed E-state index contributed by atoms with van der Waals surface area (Å²) < 4.78 is 15.9. The van der Waals surface area contributed by atoms with Crippen LogP contribution >= 0.6 is 0 Å². The molecule has 29 heavy (non-hydrogen) atoms. The standard InChI is InChI=1S/C19H17N7O3/c1-3-16-24-17(28-26-16)5-4-13-8-14(10-20-9-13)11-27-19-21-7-6-15(23-19)18-22-12(2)25-29-18/h4-10H,3,11H2,1-2H3/b5-4+. The van der Waals surface area contributed by atoms with Crippen LogP contribution in [-0.4, -0.2) is 35.2 Å². The highest BCUT2D eigenvalue weighted by Gasteiger charge is 2.10. The summed E-state index contributed by atoms with van der Waals surface area (Å²) in [7, 11) is 0. The third-order valence-corrected chi connectivity index (χ3v) is 3.78. The normalized spacial score (nSPS) is 11.2. The van der Waals surface area contributed by atoms with E-state index in [9.17, 15) is 0 Å². The molecule has 4 aromatic rings. The van der Waals surface area contributed by atoms with Crippen molar-refractivity contribution in [2.24, 2.45) is 0 Å². The second-order valence-electron chi connectivity index (χ2n) is 6.02. The zero-order chi connectivity index (χ0) is 20.1. The minimum absolute atomic E-state index is 0.206. The lowest BCUT2D eigenvalue weighted by atomic mass is 10.2. The van der Waals surface area contributed by atoms with Crippen molar-refractivity contribution in [3.8, 4) is 17.6 Å². The molecule has 4 rings (SSSR count). The summed E-state index contributed by atoms with van der Waals surface area (Å²) in [5.41, 5.74) is 2.23. The maximum absolute atomic E-state index is 5.68. The smallest absolute Gasteiger partial charge is 0.317 e. The Kier molecular flexibility index (Phi) is 5.32. The van der Waals surface area contributed by atoms with Gasteiger partial charge in [0.25, 0.3) is 11.8 Å². The SMILES string of the molecule is CCc1noc(/C=C/c2cncc(COc3nccc(-c4nc(C)no4)n3)c2)n1. The zero-order valence-corrected chi connectivity index (χ0v) is 15.8. The van der Waals surface area contributed by atoms with Gasteiger partial charge in [0.15, 0.2) is 11.6 Å². The van der Waals surface area contributed by atoms with Gasteiger partial charge < -0.3 is 13.8 Å². The molecule has 0 bridgehead atoms. The topological polar surface area (TPSA) is 126 Å². The van der Waals surface area contributed by atoms with Gasteiger partial charge in [-0.25, -0.2) is 4.98 Å². The van der Waals surface area contributed by atoms with Gasteiger partial charge in [-0.15, -0.1) is 0 Å². The van der Waals surface area contributed by atoms with Crippen LogP contribution in [0, 0.1) is 6.92 Å². The van der Waals surface area contributed by atoms with Crippen molar-refractivity contribution in [1.29, 1.82) is 0 Å². The third-order valence-electron chi connectivity index (χ3n) is 3.78. The van der Waals surface area contributed by atoms with Crippen LogP contribution < -0.4 is 4.74 Å². The van der Waals surface area contributed by atoms with E-state index in [-0.39, 0.29) is 12.6 Å². The molecule has 0 N–H and O–H groups in total. The Morgan fingerprint density at radius 1 is 1.07 bits per heavy atom. The monoisotopic (exact) mass is 391 g/mol. The highest BCUT2D eigenvalue weighted by atomic mass is 16.5. The van der Waals surface area contributed by atoms with Crippen molar-refractivity contribution in [2.45, 2.75) is 26.9 Å². The molecule has 0 radical (unpaired) electrons. The van der Waals surface area contributed by atoms with Gasteiger partial charge in [0.2, 0.25) is 0 Å². The van der Waals surface area contributed by atoms with Crippen molar-refractivity contribution in [2.75, 3.05) is 0 Å². The van der Waals surface area contributed by atoms with E-state index in [1.165, 1.54) is 0 Å². The van der Waals surface area contributed by atoms with Gasteiger partial charge in [-0.2, -0.15) is 15.0 Å². The first-order valence-electron chi connectivity index (χ1n) is 8.90. The Balaban J connectivity index is 1.42. The molecule has 146 valence electrons. The number of nitrogens with zero attached hydrogens (tertiary/aromatic N) is 7. The summed E-state index contributed by atoms with van der Waals surface area (Å²) in [6, 6.07) is 3.82. The van der Waals surface area contributed by atoms with Crippen LogP contribution in [-0.2, 0) is 13.0 Å².